The zero-order chi connectivity index (χ0) is 39.8. The Morgan fingerprint density at radius 1 is 0.574 bits per heavy atom. The van der Waals surface area contributed by atoms with Crippen LogP contribution in [0, 0.1) is 10.8 Å². The smallest absolute Gasteiger partial charge is 0.323 e. The molecule has 6 rings (SSSR count). The maximum atomic E-state index is 15.0. The standard InChI is InChI=1S/C34H26F6N6O6S2/c35-33(36,37)25-13-17(9-11-23(25)31(53(47,48)49)15-27(45-43)29(41)19-5-1-3-7-21(19)31)18-10-12-24(26(14-18)34(38,39)40)32(54(50,51)52)16-28(46-44)30(42)20-6-2-4-8-22(20)32/h1-14,41-42H,15-16,43-44H2,(H,47,48,49)(H,50,51,52)/b41-29?,42-30?,45-27-,46-28-. The second kappa shape index (κ2) is 12.6. The molecule has 20 heteroatoms. The number of nitrogens with one attached hydrogen (secondary N) is 2. The largest absolute Gasteiger partial charge is 0.416 e. The molecule has 0 aromatic heterocycles. The molecule has 0 bridgehead atoms. The van der Waals surface area contributed by atoms with Crippen LogP contribution >= 0.6 is 0 Å². The Kier molecular flexibility index (Phi) is 8.91. The molecule has 0 aliphatic heterocycles. The fourth-order valence-corrected chi connectivity index (χ4v) is 9.78. The van der Waals surface area contributed by atoms with Crippen molar-refractivity contribution in [2.45, 2.75) is 34.7 Å². The number of alkyl halides is 6. The zero-order valence-corrected chi connectivity index (χ0v) is 28.8. The molecule has 54 heavy (non-hydrogen) atoms. The van der Waals surface area contributed by atoms with Gasteiger partial charge in [-0.1, -0.05) is 72.8 Å². The Morgan fingerprint density at radius 3 is 1.20 bits per heavy atom. The molecular formula is C34H26F6N6O6S2. The van der Waals surface area contributed by atoms with Gasteiger partial charge < -0.3 is 11.7 Å². The maximum absolute atomic E-state index is 15.0. The van der Waals surface area contributed by atoms with Crippen molar-refractivity contribution < 1.29 is 52.3 Å². The third-order valence-corrected chi connectivity index (χ3v) is 12.6. The fraction of sp³-hybridized carbons (Fsp3) is 0.176. The van der Waals surface area contributed by atoms with Gasteiger partial charge in [0, 0.05) is 24.0 Å². The first kappa shape index (κ1) is 38.3. The highest BCUT2D eigenvalue weighted by Gasteiger charge is 2.57. The molecule has 4 aromatic rings. The van der Waals surface area contributed by atoms with E-state index in [0.717, 1.165) is 24.3 Å². The van der Waals surface area contributed by atoms with E-state index < -0.39 is 122 Å². The Balaban J connectivity index is 1.65. The van der Waals surface area contributed by atoms with Crippen LogP contribution in [-0.2, 0) is 42.1 Å². The van der Waals surface area contributed by atoms with E-state index in [1.807, 2.05) is 0 Å². The quantitative estimate of drug-likeness (QED) is 0.0622. The summed E-state index contributed by atoms with van der Waals surface area (Å²) in [5, 5.41) is 23.6. The summed E-state index contributed by atoms with van der Waals surface area (Å²) < 4.78 is 159. The van der Waals surface area contributed by atoms with Crippen molar-refractivity contribution in [3.63, 3.8) is 0 Å². The van der Waals surface area contributed by atoms with E-state index in [4.69, 9.17) is 22.5 Å². The van der Waals surface area contributed by atoms with Crippen molar-refractivity contribution in [3.8, 4) is 11.1 Å². The van der Waals surface area contributed by atoms with Crippen molar-refractivity contribution in [2.24, 2.45) is 21.9 Å². The molecule has 282 valence electrons. The second-order valence-electron chi connectivity index (χ2n) is 12.5. The molecule has 8 N–H and O–H groups in total. The van der Waals surface area contributed by atoms with Crippen LogP contribution in [0.1, 0.15) is 57.3 Å². The Morgan fingerprint density at radius 2 is 0.907 bits per heavy atom. The van der Waals surface area contributed by atoms with Crippen molar-refractivity contribution in [2.75, 3.05) is 0 Å². The lowest BCUT2D eigenvalue weighted by molar-refractivity contribution is -0.139. The van der Waals surface area contributed by atoms with Gasteiger partial charge in [-0.3, -0.25) is 19.9 Å². The average molecular weight is 793 g/mol. The summed E-state index contributed by atoms with van der Waals surface area (Å²) in [4.78, 5) is 0. The first-order valence-corrected chi connectivity index (χ1v) is 18.2. The molecule has 4 aromatic carbocycles. The van der Waals surface area contributed by atoms with E-state index in [1.54, 1.807) is 0 Å². The molecule has 2 atom stereocenters. The van der Waals surface area contributed by atoms with E-state index in [9.17, 15) is 25.9 Å². The highest BCUT2D eigenvalue weighted by Crippen LogP contribution is 2.52. The van der Waals surface area contributed by atoms with Crippen LogP contribution in [0.5, 0.6) is 0 Å². The summed E-state index contributed by atoms with van der Waals surface area (Å²) in [6.07, 6.45) is -12.8. The average Bonchev–Trinajstić information content (AvgIpc) is 3.10. The molecule has 2 unspecified atom stereocenters. The molecule has 12 nitrogen and oxygen atoms in total. The third-order valence-electron chi connectivity index (χ3n) is 9.72. The normalized spacial score (nSPS) is 22.3. The molecule has 0 radical (unpaired) electrons. The van der Waals surface area contributed by atoms with Gasteiger partial charge in [-0.25, -0.2) is 0 Å². The van der Waals surface area contributed by atoms with Gasteiger partial charge in [-0.15, -0.1) is 0 Å². The summed E-state index contributed by atoms with van der Waals surface area (Å²) >= 11 is 0. The molecule has 0 heterocycles. The van der Waals surface area contributed by atoms with Crippen LogP contribution in [-0.4, -0.2) is 48.8 Å². The van der Waals surface area contributed by atoms with E-state index in [0.29, 0.717) is 24.3 Å². The van der Waals surface area contributed by atoms with Crippen LogP contribution in [0.15, 0.2) is 95.1 Å². The minimum absolute atomic E-state index is 0.205. The van der Waals surface area contributed by atoms with Gasteiger partial charge in [0.15, 0.2) is 9.49 Å². The summed E-state index contributed by atoms with van der Waals surface area (Å²) in [5.74, 6) is 10.8. The number of hydrogen-bond donors (Lipinski definition) is 6. The number of benzene rings is 4. The van der Waals surface area contributed by atoms with Crippen molar-refractivity contribution >= 4 is 43.1 Å². The molecular weight excluding hydrogens is 767 g/mol. The van der Waals surface area contributed by atoms with Gasteiger partial charge in [0.05, 0.1) is 34.0 Å². The van der Waals surface area contributed by atoms with Crippen LogP contribution < -0.4 is 11.7 Å². The second-order valence-corrected chi connectivity index (χ2v) is 15.8. The molecule has 2 aliphatic rings. The maximum Gasteiger partial charge on any atom is 0.416 e. The van der Waals surface area contributed by atoms with E-state index in [2.05, 4.69) is 10.2 Å². The molecule has 0 amide bonds. The Bertz CT molecular complexity index is 2400. The summed E-state index contributed by atoms with van der Waals surface area (Å²) in [6.45, 7) is 0. The zero-order valence-electron chi connectivity index (χ0n) is 27.2. The lowest BCUT2D eigenvalue weighted by Gasteiger charge is -2.39. The topological polar surface area (TPSA) is 233 Å². The predicted molar refractivity (Wildman–Crippen MR) is 186 cm³/mol. The minimum Gasteiger partial charge on any atom is -0.323 e. The molecule has 0 spiro atoms. The summed E-state index contributed by atoms with van der Waals surface area (Å²) in [7, 11) is -11.2. The number of hydrogen-bond acceptors (Lipinski definition) is 10. The summed E-state index contributed by atoms with van der Waals surface area (Å²) in [6, 6.07) is 13.7. The first-order valence-electron chi connectivity index (χ1n) is 15.3. The molecule has 0 fully saturated rings. The van der Waals surface area contributed by atoms with E-state index in [1.165, 1.54) is 36.4 Å². The third kappa shape index (κ3) is 5.67. The Hall–Kier alpha value is -5.44. The lowest BCUT2D eigenvalue weighted by Crippen LogP contribution is -2.47. The molecule has 0 saturated heterocycles. The van der Waals surface area contributed by atoms with E-state index in [-0.39, 0.29) is 11.1 Å². The van der Waals surface area contributed by atoms with Crippen molar-refractivity contribution in [3.05, 3.63) is 129 Å². The summed E-state index contributed by atoms with van der Waals surface area (Å²) in [5.41, 5.74) is -9.56. The van der Waals surface area contributed by atoms with Gasteiger partial charge in [0.25, 0.3) is 20.2 Å². The van der Waals surface area contributed by atoms with Crippen LogP contribution in [0.25, 0.3) is 11.1 Å². The van der Waals surface area contributed by atoms with Gasteiger partial charge in [0.2, 0.25) is 0 Å². The van der Waals surface area contributed by atoms with Crippen LogP contribution in [0.2, 0.25) is 0 Å². The number of rotatable bonds is 5. The van der Waals surface area contributed by atoms with Gasteiger partial charge in [-0.2, -0.15) is 53.4 Å². The highest BCUT2D eigenvalue weighted by molar-refractivity contribution is 7.87. The van der Waals surface area contributed by atoms with Crippen LogP contribution in [0.3, 0.4) is 0 Å². The van der Waals surface area contributed by atoms with Gasteiger partial charge >= 0.3 is 12.4 Å². The van der Waals surface area contributed by atoms with Crippen molar-refractivity contribution in [1.82, 2.24) is 0 Å². The number of nitrogens with two attached hydrogens (primary N) is 2. The monoisotopic (exact) mass is 792 g/mol. The Labute approximate surface area is 302 Å². The van der Waals surface area contributed by atoms with Crippen molar-refractivity contribution in [1.29, 1.82) is 10.8 Å². The molecule has 0 saturated carbocycles. The number of hydrazone groups is 2. The van der Waals surface area contributed by atoms with Gasteiger partial charge in [-0.05, 0) is 45.5 Å². The number of halogens is 6. The van der Waals surface area contributed by atoms with E-state index >= 15 is 26.3 Å². The number of fused-ring (bicyclic) bond motifs is 2. The fourth-order valence-electron chi connectivity index (χ4n) is 7.32. The van der Waals surface area contributed by atoms with Gasteiger partial charge in [0.1, 0.15) is 0 Å². The highest BCUT2D eigenvalue weighted by atomic mass is 32.2. The minimum atomic E-state index is -5.58. The first-order chi connectivity index (χ1) is 25.0. The SMILES string of the molecule is N=C1/C(=N\N)CC(c2ccc(-c3ccc(C4(S(=O)(=O)O)C/C(=N/N)C(=N)c5ccccc54)c(C(F)(F)F)c3)cc2C(F)(F)F)(S(=O)(=O)O)c2ccccc21. The molecule has 2 aliphatic carbocycles. The predicted octanol–water partition coefficient (Wildman–Crippen LogP) is 5.83. The van der Waals surface area contributed by atoms with Crippen LogP contribution in [0.4, 0.5) is 26.3 Å². The number of nitrogens with zero attached hydrogens (tertiary/aromatic N) is 2. The lowest BCUT2D eigenvalue weighted by atomic mass is 9.74.